The molecule has 122 valence electrons. The number of ether oxygens (including phenoxy) is 1. The summed E-state index contributed by atoms with van der Waals surface area (Å²) < 4.78 is 50.4. The first-order valence-electron chi connectivity index (χ1n) is 7.67. The summed E-state index contributed by atoms with van der Waals surface area (Å²) in [5, 5.41) is 3.34. The standard InChI is InChI=1S/C17H16F3NO2/c18-17(19,20)10-5-6-13-12(9-10)16-11(3-1-8-23-16)15(21-13)14-4-2-7-22-14/h2,4-7,9,11,15-16,21H,1,3,8H2/t11-,15+,16-/m0/s1. The van der Waals surface area contributed by atoms with Crippen molar-refractivity contribution in [3.05, 3.63) is 53.5 Å². The lowest BCUT2D eigenvalue weighted by molar-refractivity contribution is -0.137. The van der Waals surface area contributed by atoms with Crippen molar-refractivity contribution in [1.29, 1.82) is 0 Å². The minimum Gasteiger partial charge on any atom is -0.467 e. The van der Waals surface area contributed by atoms with Gasteiger partial charge in [-0.15, -0.1) is 0 Å². The molecule has 1 aromatic heterocycles. The van der Waals surface area contributed by atoms with Gasteiger partial charge in [0.15, 0.2) is 0 Å². The van der Waals surface area contributed by atoms with Gasteiger partial charge < -0.3 is 14.5 Å². The number of hydrogen-bond donors (Lipinski definition) is 1. The molecule has 0 spiro atoms. The van der Waals surface area contributed by atoms with E-state index in [4.69, 9.17) is 9.15 Å². The number of rotatable bonds is 1. The summed E-state index contributed by atoms with van der Waals surface area (Å²) >= 11 is 0. The third-order valence-electron chi connectivity index (χ3n) is 4.64. The fourth-order valence-electron chi connectivity index (χ4n) is 3.60. The molecule has 0 saturated carbocycles. The highest BCUT2D eigenvalue weighted by atomic mass is 19.4. The molecule has 0 amide bonds. The number of halogens is 3. The van der Waals surface area contributed by atoms with Gasteiger partial charge in [0, 0.05) is 23.8 Å². The fraction of sp³-hybridized carbons (Fsp3) is 0.412. The van der Waals surface area contributed by atoms with Crippen LogP contribution in [0.2, 0.25) is 0 Å². The molecule has 3 nitrogen and oxygen atoms in total. The first kappa shape index (κ1) is 14.6. The van der Waals surface area contributed by atoms with Gasteiger partial charge in [0.1, 0.15) is 5.76 Å². The third kappa shape index (κ3) is 2.51. The van der Waals surface area contributed by atoms with Gasteiger partial charge in [0.25, 0.3) is 0 Å². The molecule has 3 heterocycles. The molecule has 6 heteroatoms. The Labute approximate surface area is 131 Å². The molecule has 2 aliphatic heterocycles. The van der Waals surface area contributed by atoms with Gasteiger partial charge in [-0.25, -0.2) is 0 Å². The first-order chi connectivity index (χ1) is 11.0. The average Bonchev–Trinajstić information content (AvgIpc) is 3.07. The van der Waals surface area contributed by atoms with Gasteiger partial charge in [0.05, 0.1) is 24.0 Å². The number of fused-ring (bicyclic) bond motifs is 3. The number of hydrogen-bond acceptors (Lipinski definition) is 3. The van der Waals surface area contributed by atoms with E-state index in [-0.39, 0.29) is 18.1 Å². The van der Waals surface area contributed by atoms with Crippen LogP contribution in [0.3, 0.4) is 0 Å². The van der Waals surface area contributed by atoms with Crippen LogP contribution in [-0.2, 0) is 10.9 Å². The van der Waals surface area contributed by atoms with Crippen molar-refractivity contribution < 1.29 is 22.3 Å². The predicted molar refractivity (Wildman–Crippen MR) is 77.9 cm³/mol. The van der Waals surface area contributed by atoms with Gasteiger partial charge in [0.2, 0.25) is 0 Å². The number of furan rings is 1. The molecule has 1 aromatic carbocycles. The summed E-state index contributed by atoms with van der Waals surface area (Å²) in [6.07, 6.45) is -1.29. The topological polar surface area (TPSA) is 34.4 Å². The van der Waals surface area contributed by atoms with E-state index in [1.807, 2.05) is 12.1 Å². The molecular formula is C17H16F3NO2. The number of anilines is 1. The van der Waals surface area contributed by atoms with E-state index in [0.29, 0.717) is 17.9 Å². The molecule has 3 atom stereocenters. The van der Waals surface area contributed by atoms with Crippen molar-refractivity contribution in [3.8, 4) is 0 Å². The quantitative estimate of drug-likeness (QED) is 0.808. The van der Waals surface area contributed by atoms with E-state index < -0.39 is 11.7 Å². The number of nitrogens with one attached hydrogen (secondary N) is 1. The molecule has 1 fully saturated rings. The predicted octanol–water partition coefficient (Wildman–Crippen LogP) is 4.93. The lowest BCUT2D eigenvalue weighted by Crippen LogP contribution is -2.36. The smallest absolute Gasteiger partial charge is 0.416 e. The largest absolute Gasteiger partial charge is 0.467 e. The van der Waals surface area contributed by atoms with Crippen LogP contribution in [0.4, 0.5) is 18.9 Å². The van der Waals surface area contributed by atoms with Crippen molar-refractivity contribution in [1.82, 2.24) is 0 Å². The highest BCUT2D eigenvalue weighted by Gasteiger charge is 2.42. The third-order valence-corrected chi connectivity index (χ3v) is 4.64. The highest BCUT2D eigenvalue weighted by Crippen LogP contribution is 2.50. The molecular weight excluding hydrogens is 307 g/mol. The molecule has 1 saturated heterocycles. The van der Waals surface area contributed by atoms with E-state index >= 15 is 0 Å². The minimum absolute atomic E-state index is 0.0610. The SMILES string of the molecule is FC(F)(F)c1ccc2c(c1)[C@H]1OCCC[C@H]1[C@H](c1ccco1)N2. The summed E-state index contributed by atoms with van der Waals surface area (Å²) in [5.74, 6) is 0.849. The summed E-state index contributed by atoms with van der Waals surface area (Å²) in [7, 11) is 0. The summed E-state index contributed by atoms with van der Waals surface area (Å²) in [4.78, 5) is 0. The summed E-state index contributed by atoms with van der Waals surface area (Å²) in [5.41, 5.74) is 0.636. The lowest BCUT2D eigenvalue weighted by atomic mass is 9.79. The number of benzene rings is 1. The van der Waals surface area contributed by atoms with Gasteiger partial charge >= 0.3 is 6.18 Å². The van der Waals surface area contributed by atoms with Crippen LogP contribution in [-0.4, -0.2) is 6.61 Å². The fourth-order valence-corrected chi connectivity index (χ4v) is 3.60. The van der Waals surface area contributed by atoms with E-state index in [1.165, 1.54) is 12.1 Å². The normalized spacial score (nSPS) is 27.0. The molecule has 4 rings (SSSR count). The molecule has 1 N–H and O–H groups in total. The van der Waals surface area contributed by atoms with Crippen molar-refractivity contribution in [2.75, 3.05) is 11.9 Å². The molecule has 23 heavy (non-hydrogen) atoms. The van der Waals surface area contributed by atoms with Crippen molar-refractivity contribution in [3.63, 3.8) is 0 Å². The van der Waals surface area contributed by atoms with E-state index in [9.17, 15) is 13.2 Å². The van der Waals surface area contributed by atoms with Crippen molar-refractivity contribution >= 4 is 5.69 Å². The van der Waals surface area contributed by atoms with Gasteiger partial charge in [-0.3, -0.25) is 0 Å². The Morgan fingerprint density at radius 1 is 1.17 bits per heavy atom. The zero-order valence-corrected chi connectivity index (χ0v) is 12.3. The van der Waals surface area contributed by atoms with Gasteiger partial charge in [-0.1, -0.05) is 0 Å². The maximum absolute atomic E-state index is 13.0. The van der Waals surface area contributed by atoms with Gasteiger partial charge in [-0.2, -0.15) is 13.2 Å². The summed E-state index contributed by atoms with van der Waals surface area (Å²) in [6.45, 7) is 0.571. The molecule has 0 unspecified atom stereocenters. The molecule has 0 radical (unpaired) electrons. The second-order valence-corrected chi connectivity index (χ2v) is 6.03. The second kappa shape index (κ2) is 5.30. The average molecular weight is 323 g/mol. The van der Waals surface area contributed by atoms with Crippen LogP contribution in [0.15, 0.2) is 41.0 Å². The van der Waals surface area contributed by atoms with Crippen molar-refractivity contribution in [2.24, 2.45) is 5.92 Å². The van der Waals surface area contributed by atoms with E-state index in [1.54, 1.807) is 6.26 Å². The van der Waals surface area contributed by atoms with Crippen LogP contribution in [0.25, 0.3) is 0 Å². The zero-order chi connectivity index (χ0) is 16.0. The van der Waals surface area contributed by atoms with Crippen LogP contribution >= 0.6 is 0 Å². The van der Waals surface area contributed by atoms with Crippen LogP contribution in [0.5, 0.6) is 0 Å². The lowest BCUT2D eigenvalue weighted by Gasteiger charge is -2.42. The van der Waals surface area contributed by atoms with Crippen LogP contribution < -0.4 is 5.32 Å². The summed E-state index contributed by atoms with van der Waals surface area (Å²) in [6, 6.07) is 7.43. The second-order valence-electron chi connectivity index (χ2n) is 6.03. The Bertz CT molecular complexity index is 696. The molecule has 0 aliphatic carbocycles. The maximum atomic E-state index is 13.0. The van der Waals surface area contributed by atoms with Crippen LogP contribution in [0.1, 0.15) is 41.9 Å². The Hall–Kier alpha value is -1.95. The number of alkyl halides is 3. The maximum Gasteiger partial charge on any atom is 0.416 e. The molecule has 2 aromatic rings. The monoisotopic (exact) mass is 323 g/mol. The minimum atomic E-state index is -4.35. The Balaban J connectivity index is 1.78. The van der Waals surface area contributed by atoms with E-state index in [2.05, 4.69) is 5.32 Å². The Morgan fingerprint density at radius 2 is 2.04 bits per heavy atom. The Morgan fingerprint density at radius 3 is 2.78 bits per heavy atom. The first-order valence-corrected chi connectivity index (χ1v) is 7.67. The zero-order valence-electron chi connectivity index (χ0n) is 12.3. The Kier molecular flexibility index (Phi) is 3.37. The molecule has 2 aliphatic rings. The molecule has 0 bridgehead atoms. The van der Waals surface area contributed by atoms with Crippen LogP contribution in [0, 0.1) is 5.92 Å². The van der Waals surface area contributed by atoms with Crippen molar-refractivity contribution in [2.45, 2.75) is 31.2 Å². The van der Waals surface area contributed by atoms with E-state index in [0.717, 1.165) is 24.7 Å². The van der Waals surface area contributed by atoms with Gasteiger partial charge in [-0.05, 0) is 43.2 Å². The highest BCUT2D eigenvalue weighted by molar-refractivity contribution is 5.58.